The quantitative estimate of drug-likeness (QED) is 0.871. The van der Waals surface area contributed by atoms with Crippen LogP contribution in [-0.4, -0.2) is 11.8 Å². The van der Waals surface area contributed by atoms with Crippen LogP contribution < -0.4 is 10.6 Å². The Bertz CT molecular complexity index is 564. The van der Waals surface area contributed by atoms with Gasteiger partial charge in [0.15, 0.2) is 0 Å². The highest BCUT2D eigenvalue weighted by Gasteiger charge is 2.22. The number of rotatable bonds is 5. The molecule has 0 aliphatic carbocycles. The van der Waals surface area contributed by atoms with E-state index >= 15 is 0 Å². The minimum atomic E-state index is -0.741. The van der Waals surface area contributed by atoms with E-state index in [1.807, 2.05) is 30.3 Å². The molecule has 1 aromatic carbocycles. The zero-order valence-electron chi connectivity index (χ0n) is 11.1. The van der Waals surface area contributed by atoms with E-state index in [0.29, 0.717) is 12.1 Å². The predicted octanol–water partition coefficient (Wildman–Crippen LogP) is 1.77. The van der Waals surface area contributed by atoms with Crippen molar-refractivity contribution in [1.29, 1.82) is 0 Å². The van der Waals surface area contributed by atoms with E-state index in [-0.39, 0.29) is 11.8 Å². The van der Waals surface area contributed by atoms with E-state index in [0.717, 1.165) is 5.56 Å². The smallest absolute Gasteiger partial charge is 0.247 e. The minimum Gasteiger partial charge on any atom is -0.472 e. The fourth-order valence-corrected chi connectivity index (χ4v) is 1.83. The summed E-state index contributed by atoms with van der Waals surface area (Å²) in [7, 11) is 0. The second-order valence-corrected chi connectivity index (χ2v) is 4.39. The van der Waals surface area contributed by atoms with Gasteiger partial charge >= 0.3 is 0 Å². The number of furan rings is 1. The molecule has 1 unspecified atom stereocenters. The molecule has 1 heterocycles. The Labute approximate surface area is 117 Å². The summed E-state index contributed by atoms with van der Waals surface area (Å²) in [6, 6.07) is 10.5. The van der Waals surface area contributed by atoms with Crippen molar-refractivity contribution < 1.29 is 14.0 Å². The minimum absolute atomic E-state index is 0.272. The summed E-state index contributed by atoms with van der Waals surface area (Å²) >= 11 is 0. The van der Waals surface area contributed by atoms with Gasteiger partial charge < -0.3 is 15.1 Å². The standard InChI is InChI=1S/C15H16N2O3/c1-11(18)17-14(13-7-8-20-10-13)15(19)16-9-12-5-3-2-4-6-12/h2-8,10,14H,9H2,1H3,(H,16,19)(H,17,18). The van der Waals surface area contributed by atoms with E-state index in [2.05, 4.69) is 10.6 Å². The molecule has 5 nitrogen and oxygen atoms in total. The van der Waals surface area contributed by atoms with Crippen molar-refractivity contribution >= 4 is 11.8 Å². The summed E-state index contributed by atoms with van der Waals surface area (Å²) in [6.07, 6.45) is 2.91. The Morgan fingerprint density at radius 2 is 1.95 bits per heavy atom. The topological polar surface area (TPSA) is 71.3 Å². The summed E-state index contributed by atoms with van der Waals surface area (Å²) in [4.78, 5) is 23.4. The fourth-order valence-electron chi connectivity index (χ4n) is 1.83. The van der Waals surface area contributed by atoms with E-state index < -0.39 is 6.04 Å². The number of carbonyl (C=O) groups is 2. The molecule has 0 aliphatic rings. The summed E-state index contributed by atoms with van der Waals surface area (Å²) < 4.78 is 4.96. The first-order valence-corrected chi connectivity index (χ1v) is 6.27. The van der Waals surface area contributed by atoms with Gasteiger partial charge in [0.2, 0.25) is 11.8 Å². The highest BCUT2D eigenvalue weighted by Crippen LogP contribution is 2.14. The Hall–Kier alpha value is -2.56. The lowest BCUT2D eigenvalue weighted by atomic mass is 10.1. The van der Waals surface area contributed by atoms with E-state index in [9.17, 15) is 9.59 Å². The third kappa shape index (κ3) is 3.71. The molecule has 2 rings (SSSR count). The first-order chi connectivity index (χ1) is 9.66. The van der Waals surface area contributed by atoms with Gasteiger partial charge in [0.05, 0.1) is 12.5 Å². The van der Waals surface area contributed by atoms with Crippen LogP contribution in [0.1, 0.15) is 24.1 Å². The van der Waals surface area contributed by atoms with Gasteiger partial charge in [-0.2, -0.15) is 0 Å². The summed E-state index contributed by atoms with van der Waals surface area (Å²) in [5.74, 6) is -0.545. The maximum Gasteiger partial charge on any atom is 0.247 e. The summed E-state index contributed by atoms with van der Waals surface area (Å²) in [5, 5.41) is 5.40. The van der Waals surface area contributed by atoms with E-state index in [1.165, 1.54) is 19.5 Å². The molecule has 0 radical (unpaired) electrons. The van der Waals surface area contributed by atoms with Crippen LogP contribution in [-0.2, 0) is 16.1 Å². The van der Waals surface area contributed by atoms with Gasteiger partial charge in [0, 0.05) is 19.0 Å². The van der Waals surface area contributed by atoms with Gasteiger partial charge in [-0.05, 0) is 11.6 Å². The van der Waals surface area contributed by atoms with Crippen LogP contribution in [0.5, 0.6) is 0 Å². The average Bonchev–Trinajstić information content (AvgIpc) is 2.97. The molecule has 2 amide bonds. The van der Waals surface area contributed by atoms with Gasteiger partial charge in [-0.1, -0.05) is 30.3 Å². The fraction of sp³-hybridized carbons (Fsp3) is 0.200. The van der Waals surface area contributed by atoms with Crippen LogP contribution in [0.2, 0.25) is 0 Å². The van der Waals surface area contributed by atoms with Crippen LogP contribution in [0.3, 0.4) is 0 Å². The number of benzene rings is 1. The van der Waals surface area contributed by atoms with Crippen LogP contribution in [0.15, 0.2) is 53.3 Å². The number of nitrogens with one attached hydrogen (secondary N) is 2. The molecule has 1 atom stereocenters. The molecule has 0 fully saturated rings. The van der Waals surface area contributed by atoms with Gasteiger partial charge in [-0.15, -0.1) is 0 Å². The van der Waals surface area contributed by atoms with Gasteiger partial charge in [0.1, 0.15) is 6.04 Å². The molecule has 20 heavy (non-hydrogen) atoms. The normalized spacial score (nSPS) is 11.7. The molecule has 0 aliphatic heterocycles. The van der Waals surface area contributed by atoms with Crippen LogP contribution in [0, 0.1) is 0 Å². The van der Waals surface area contributed by atoms with Crippen LogP contribution in [0.4, 0.5) is 0 Å². The second-order valence-electron chi connectivity index (χ2n) is 4.39. The number of amides is 2. The molecule has 1 aromatic heterocycles. The Morgan fingerprint density at radius 1 is 1.20 bits per heavy atom. The molecular weight excluding hydrogens is 256 g/mol. The lowest BCUT2D eigenvalue weighted by molar-refractivity contribution is -0.128. The highest BCUT2D eigenvalue weighted by atomic mass is 16.3. The highest BCUT2D eigenvalue weighted by molar-refractivity contribution is 5.87. The van der Waals surface area contributed by atoms with Crippen molar-refractivity contribution in [2.24, 2.45) is 0 Å². The maximum absolute atomic E-state index is 12.2. The molecule has 0 saturated heterocycles. The first kappa shape index (κ1) is 13.9. The predicted molar refractivity (Wildman–Crippen MR) is 73.6 cm³/mol. The molecule has 0 bridgehead atoms. The summed E-state index contributed by atoms with van der Waals surface area (Å²) in [6.45, 7) is 1.78. The Balaban J connectivity index is 2.02. The third-order valence-electron chi connectivity index (χ3n) is 2.80. The largest absolute Gasteiger partial charge is 0.472 e. The SMILES string of the molecule is CC(=O)NC(C(=O)NCc1ccccc1)c1ccoc1. The summed E-state index contributed by atoms with van der Waals surface area (Å²) in [5.41, 5.74) is 1.61. The zero-order chi connectivity index (χ0) is 14.4. The Kier molecular flexibility index (Phi) is 4.55. The van der Waals surface area contributed by atoms with E-state index in [1.54, 1.807) is 6.07 Å². The van der Waals surface area contributed by atoms with Crippen LogP contribution in [0.25, 0.3) is 0 Å². The Morgan fingerprint density at radius 3 is 2.55 bits per heavy atom. The van der Waals surface area contributed by atoms with Gasteiger partial charge in [-0.3, -0.25) is 9.59 Å². The molecular formula is C15H16N2O3. The molecule has 5 heteroatoms. The molecule has 0 saturated carbocycles. The second kappa shape index (κ2) is 6.56. The van der Waals surface area contributed by atoms with Crippen LogP contribution >= 0.6 is 0 Å². The zero-order valence-corrected chi connectivity index (χ0v) is 11.1. The number of hydrogen-bond acceptors (Lipinski definition) is 3. The molecule has 0 spiro atoms. The number of carbonyl (C=O) groups excluding carboxylic acids is 2. The third-order valence-corrected chi connectivity index (χ3v) is 2.80. The monoisotopic (exact) mass is 272 g/mol. The average molecular weight is 272 g/mol. The van der Waals surface area contributed by atoms with Crippen molar-refractivity contribution in [3.8, 4) is 0 Å². The van der Waals surface area contributed by atoms with Gasteiger partial charge in [0.25, 0.3) is 0 Å². The lowest BCUT2D eigenvalue weighted by Gasteiger charge is -2.16. The molecule has 2 N–H and O–H groups in total. The van der Waals surface area contributed by atoms with E-state index in [4.69, 9.17) is 4.42 Å². The maximum atomic E-state index is 12.2. The van der Waals surface area contributed by atoms with Crippen molar-refractivity contribution in [3.05, 3.63) is 60.1 Å². The van der Waals surface area contributed by atoms with Crippen molar-refractivity contribution in [1.82, 2.24) is 10.6 Å². The molecule has 2 aromatic rings. The van der Waals surface area contributed by atoms with Crippen molar-refractivity contribution in [3.63, 3.8) is 0 Å². The lowest BCUT2D eigenvalue weighted by Crippen LogP contribution is -2.39. The van der Waals surface area contributed by atoms with Crippen molar-refractivity contribution in [2.45, 2.75) is 19.5 Å². The van der Waals surface area contributed by atoms with Gasteiger partial charge in [-0.25, -0.2) is 0 Å². The number of hydrogen-bond donors (Lipinski definition) is 2. The van der Waals surface area contributed by atoms with Crippen molar-refractivity contribution in [2.75, 3.05) is 0 Å². The first-order valence-electron chi connectivity index (χ1n) is 6.27. The molecule has 104 valence electrons.